The summed E-state index contributed by atoms with van der Waals surface area (Å²) in [6.07, 6.45) is -2.39. The van der Waals surface area contributed by atoms with Gasteiger partial charge < -0.3 is 70.9 Å². The molecule has 34 heteroatoms. The molecule has 5 aliphatic heterocycles. The van der Waals surface area contributed by atoms with Crippen molar-refractivity contribution in [2.45, 2.75) is 204 Å². The van der Waals surface area contributed by atoms with Gasteiger partial charge in [-0.1, -0.05) is 42.0 Å². The number of esters is 2. The Bertz CT molecular complexity index is 4170. The third-order valence-corrected chi connectivity index (χ3v) is 19.4. The van der Waals surface area contributed by atoms with Crippen LogP contribution in [0, 0.1) is 75.8 Å². The molecule has 612 valence electrons. The maximum absolute atomic E-state index is 14.7. The molecule has 6 aromatic rings. The number of fused-ring (bicyclic) bond motifs is 5. The molecule has 25 nitrogen and oxygen atoms in total. The third kappa shape index (κ3) is 23.9. The summed E-state index contributed by atoms with van der Waals surface area (Å²) in [7, 11) is 0. The number of alkyl carbamates (subject to hydrolysis) is 2. The molecule has 2 saturated carbocycles. The molecule has 3 aromatic carbocycles. The highest BCUT2D eigenvalue weighted by Gasteiger charge is 2.47. The summed E-state index contributed by atoms with van der Waals surface area (Å²) in [5.74, 6) is -3.70. The van der Waals surface area contributed by atoms with Gasteiger partial charge in [-0.05, 0) is 150 Å². The lowest BCUT2D eigenvalue weighted by Gasteiger charge is -2.36. The fraction of sp³-hybridized carbons (Fsp3) is 0.645. The van der Waals surface area contributed by atoms with E-state index in [0.717, 1.165) is 79.7 Å². The summed E-state index contributed by atoms with van der Waals surface area (Å²) < 4.78 is 145. The number of carboxylic acids is 1. The number of rotatable bonds is 12. The Hall–Kier alpha value is -8.66. The molecule has 110 heavy (non-hydrogen) atoms. The lowest BCUT2D eigenvalue weighted by atomic mass is 9.97. The minimum absolute atomic E-state index is 0. The van der Waals surface area contributed by atoms with Gasteiger partial charge in [-0.3, -0.25) is 23.5 Å². The highest BCUT2D eigenvalue weighted by molar-refractivity contribution is 5.90. The lowest BCUT2D eigenvalue weighted by Crippen LogP contribution is -2.55. The Morgan fingerprint density at radius 1 is 0.545 bits per heavy atom. The Morgan fingerprint density at radius 2 is 0.891 bits per heavy atom. The number of aromatic nitrogens is 6. The number of halogens is 9. The Kier molecular flexibility index (Phi) is 29.9. The van der Waals surface area contributed by atoms with E-state index in [0.29, 0.717) is 29.8 Å². The van der Waals surface area contributed by atoms with Crippen LogP contribution >= 0.6 is 0 Å². The SMILES string of the molecule is C.C1NC[C@H]2C[C@@H]12.CC(C)(C)OC(=O)N[C@@H]1CN(c2nc3cc(F)c(F)cc3n2CC(=O)O)CC[C@H]1F.CC(C)(C)OC(=O)N[C@@H]1CN(c2nc3cc(F)c(F)cc3n2CC(=O)OC(=O)C(C)(C)C)CC[C@H]1F.CC(C)C(C)C.CCN.N[C@@H]1CN(c2nc3cc(F)c(F)cc3n2CC(=O)N2C[C@H]3C[C@H]3C2)CC[C@H]1F. The van der Waals surface area contributed by atoms with Gasteiger partial charge in [0.05, 0.1) is 56.6 Å². The predicted molar refractivity (Wildman–Crippen MR) is 400 cm³/mol. The monoisotopic (exact) mass is 1560 g/mol. The van der Waals surface area contributed by atoms with E-state index in [1.807, 2.05) is 11.8 Å². The third-order valence-electron chi connectivity index (χ3n) is 19.4. The Morgan fingerprint density at radius 3 is 1.22 bits per heavy atom. The number of nitrogens with zero attached hydrogens (tertiary/aromatic N) is 10. The molecule has 3 aromatic heterocycles. The van der Waals surface area contributed by atoms with Gasteiger partial charge in [0.25, 0.3) is 0 Å². The molecule has 2 aliphatic carbocycles. The predicted octanol–water partition coefficient (Wildman–Crippen LogP) is 11.5. The van der Waals surface area contributed by atoms with Crippen LogP contribution in [0.3, 0.4) is 0 Å². The van der Waals surface area contributed by atoms with Crippen molar-refractivity contribution in [1.29, 1.82) is 0 Å². The van der Waals surface area contributed by atoms with Crippen LogP contribution in [0.5, 0.6) is 0 Å². The molecule has 0 spiro atoms. The van der Waals surface area contributed by atoms with Crippen molar-refractivity contribution < 1.29 is 87.6 Å². The largest absolute Gasteiger partial charge is 0.480 e. The number of carbonyl (C=O) groups excluding carboxylic acids is 5. The normalized spacial score (nSPS) is 22.6. The minimum atomic E-state index is -1.38. The first-order valence-corrected chi connectivity index (χ1v) is 37.1. The first kappa shape index (κ1) is 88.6. The van der Waals surface area contributed by atoms with Crippen molar-refractivity contribution in [3.63, 3.8) is 0 Å². The molecular weight excluding hydrogens is 1450 g/mol. The van der Waals surface area contributed by atoms with Crippen molar-refractivity contribution in [3.05, 3.63) is 71.3 Å². The van der Waals surface area contributed by atoms with E-state index >= 15 is 0 Å². The van der Waals surface area contributed by atoms with Crippen LogP contribution in [0.4, 0.5) is 66.9 Å². The number of piperidine rings is 5. The Labute approximate surface area is 636 Å². The topological polar surface area (TPSA) is 305 Å². The summed E-state index contributed by atoms with van der Waals surface area (Å²) >= 11 is 0. The molecule has 3 amide bonds. The van der Waals surface area contributed by atoms with Gasteiger partial charge in [0.2, 0.25) is 23.8 Å². The molecule has 10 atom stereocenters. The van der Waals surface area contributed by atoms with E-state index < -0.39 is 131 Å². The molecule has 7 fully saturated rings. The van der Waals surface area contributed by atoms with Gasteiger partial charge in [0, 0.05) is 88.8 Å². The second kappa shape index (κ2) is 37.1. The quantitative estimate of drug-likeness (QED) is 0.0287. The van der Waals surface area contributed by atoms with E-state index in [1.165, 1.54) is 35.1 Å². The second-order valence-corrected chi connectivity index (χ2v) is 32.5. The number of aliphatic carboxylic acids is 1. The van der Waals surface area contributed by atoms with Crippen LogP contribution in [0.1, 0.15) is 136 Å². The second-order valence-electron chi connectivity index (χ2n) is 32.5. The fourth-order valence-corrected chi connectivity index (χ4v) is 12.7. The van der Waals surface area contributed by atoms with Crippen molar-refractivity contribution in [2.24, 2.45) is 52.4 Å². The minimum Gasteiger partial charge on any atom is -0.480 e. The first-order chi connectivity index (χ1) is 50.9. The molecule has 8 heterocycles. The van der Waals surface area contributed by atoms with E-state index in [9.17, 15) is 73.4 Å². The highest BCUT2D eigenvalue weighted by Crippen LogP contribution is 2.45. The van der Waals surface area contributed by atoms with Crippen LogP contribution < -0.4 is 42.1 Å². The summed E-state index contributed by atoms with van der Waals surface area (Å²) in [5, 5.41) is 17.6. The first-order valence-electron chi connectivity index (χ1n) is 37.1. The zero-order valence-corrected chi connectivity index (χ0v) is 64.5. The smallest absolute Gasteiger partial charge is 0.408 e. The number of benzene rings is 3. The number of carboxylic acid groups (broad SMARTS) is 1. The van der Waals surface area contributed by atoms with Gasteiger partial charge in [-0.15, -0.1) is 0 Å². The molecule has 0 bridgehead atoms. The maximum Gasteiger partial charge on any atom is 0.408 e. The number of nitrogens with two attached hydrogens (primary N) is 2. The van der Waals surface area contributed by atoms with Crippen LogP contribution in [0.25, 0.3) is 33.1 Å². The number of amides is 3. The number of hydrogen-bond donors (Lipinski definition) is 6. The van der Waals surface area contributed by atoms with E-state index in [1.54, 1.807) is 81.6 Å². The number of alkyl halides is 3. The molecule has 13 rings (SSSR count). The summed E-state index contributed by atoms with van der Waals surface area (Å²) in [4.78, 5) is 93.0. The highest BCUT2D eigenvalue weighted by atomic mass is 19.2. The molecule has 8 N–H and O–H groups in total. The van der Waals surface area contributed by atoms with Crippen LogP contribution in [0.2, 0.25) is 0 Å². The number of carbonyl (C=O) groups is 6. The maximum atomic E-state index is 14.7. The average Bonchev–Trinajstić information content (AvgIpc) is 1.62. The molecule has 5 saturated heterocycles. The number of imidazole rings is 3. The van der Waals surface area contributed by atoms with Crippen molar-refractivity contribution in [2.75, 3.05) is 86.7 Å². The summed E-state index contributed by atoms with van der Waals surface area (Å²) in [6, 6.07) is 3.06. The molecule has 0 unspecified atom stereocenters. The van der Waals surface area contributed by atoms with E-state index in [-0.39, 0.29) is 111 Å². The zero-order chi connectivity index (χ0) is 80.6. The summed E-state index contributed by atoms with van der Waals surface area (Å²) in [5.41, 5.74) is 9.18. The number of hydrogen-bond acceptors (Lipinski definition) is 18. The van der Waals surface area contributed by atoms with Crippen molar-refractivity contribution >= 4 is 86.9 Å². The van der Waals surface area contributed by atoms with Crippen molar-refractivity contribution in [3.8, 4) is 0 Å². The zero-order valence-electron chi connectivity index (χ0n) is 64.5. The standard InChI is InChI=1S/C24H31F3N4O5.C19H22F3N5O.C19H23F3N4O4.C6H14.C5H9N.C2H7N.CH4/c1-23(2,3)20(33)35-19(32)12-31-18-10-15(27)14(26)9-16(18)28-21(31)30-8-7-13(25)17(11-30)29-22(34)36-24(4,5)6;20-12-1-2-25(8-15(12)23)19-24-16-4-13(21)14(22)5-17(16)27(19)9-18(28)26-6-10-3-11(10)7-26;1-19(2,3)30-18(29)24-14-8-25(5-4-10(14)20)17-23-13-6-11(21)12(22)7-15(13)26(17)9-16(27)28;1-5(2)6(3)4;1-4-2-6-3-5(1)4;1-2-3;/h9-10,13,17H,7-8,11-12H2,1-6H3,(H,29,34);4-5,10-12,15H,1-3,6-9,23H2;6-7,10,14H,4-5,8-9H2,1-3H3,(H,24,29)(H,27,28);5-6H,1-4H3;4-6H,1-3H2;2-3H2,1H3;1H4/t13-,17-;10-,11+,12-,15-;10-,14-;;4-,5+;;/m111..../s1. The number of ether oxygens (including phenoxy) is 3. The van der Waals surface area contributed by atoms with E-state index in [4.69, 9.17) is 25.7 Å². The molecule has 7 aliphatic rings. The van der Waals surface area contributed by atoms with E-state index in [2.05, 4.69) is 58.6 Å². The number of likely N-dealkylation sites (tertiary alicyclic amines) is 1. The number of anilines is 3. The van der Waals surface area contributed by atoms with Crippen LogP contribution in [-0.4, -0.2) is 194 Å². The van der Waals surface area contributed by atoms with Gasteiger partial charge in [0.15, 0.2) is 34.9 Å². The van der Waals surface area contributed by atoms with Crippen molar-refractivity contribution in [1.82, 2.24) is 49.5 Å². The van der Waals surface area contributed by atoms with Gasteiger partial charge >= 0.3 is 30.1 Å². The number of nitrogens with one attached hydrogen (secondary N) is 3. The molecule has 0 radical (unpaired) electrons. The van der Waals surface area contributed by atoms with Gasteiger partial charge in [-0.2, -0.15) is 0 Å². The van der Waals surface area contributed by atoms with Gasteiger partial charge in [0.1, 0.15) is 49.4 Å². The lowest BCUT2D eigenvalue weighted by molar-refractivity contribution is -0.166. The van der Waals surface area contributed by atoms with Gasteiger partial charge in [-0.25, -0.2) is 68.8 Å². The average molecular weight is 1560 g/mol. The van der Waals surface area contributed by atoms with Crippen LogP contribution in [-0.2, 0) is 53.0 Å². The van der Waals surface area contributed by atoms with Crippen LogP contribution in [0.15, 0.2) is 36.4 Å². The fourth-order valence-electron chi connectivity index (χ4n) is 12.7. The Balaban J connectivity index is 0.000000208. The molecular formula is C76H110F9N15O10. The summed E-state index contributed by atoms with van der Waals surface area (Å²) in [6.45, 7) is 30.4.